The molecular formula is C20H28N4O2. The number of nitrogens with zero attached hydrogens (tertiary/aromatic N) is 2. The van der Waals surface area contributed by atoms with Crippen molar-refractivity contribution in [3.8, 4) is 0 Å². The molecular weight excluding hydrogens is 328 g/mol. The van der Waals surface area contributed by atoms with Crippen LogP contribution in [0.25, 0.3) is 0 Å². The molecule has 0 radical (unpaired) electrons. The predicted molar refractivity (Wildman–Crippen MR) is 98.4 cm³/mol. The molecule has 1 aromatic heterocycles. The van der Waals surface area contributed by atoms with Gasteiger partial charge in [0.1, 0.15) is 0 Å². The fraction of sp³-hybridized carbons (Fsp3) is 0.650. The van der Waals surface area contributed by atoms with Crippen molar-refractivity contribution in [2.75, 3.05) is 19.6 Å². The number of likely N-dealkylation sites (tertiary alicyclic amines) is 1. The molecule has 1 aliphatic heterocycles. The lowest BCUT2D eigenvalue weighted by Crippen LogP contribution is -2.40. The highest BCUT2D eigenvalue weighted by Crippen LogP contribution is 2.59. The van der Waals surface area contributed by atoms with Crippen molar-refractivity contribution in [3.63, 3.8) is 0 Å². The molecule has 1 saturated heterocycles. The number of carbonyl (C=O) groups excluding carboxylic acids is 2. The Kier molecular flexibility index (Phi) is 4.83. The van der Waals surface area contributed by atoms with Crippen molar-refractivity contribution in [1.82, 2.24) is 20.4 Å². The Balaban J connectivity index is 1.21. The molecule has 6 heteroatoms. The third-order valence-corrected chi connectivity index (χ3v) is 6.43. The van der Waals surface area contributed by atoms with Gasteiger partial charge in [-0.3, -0.25) is 14.7 Å². The zero-order valence-corrected chi connectivity index (χ0v) is 15.3. The highest BCUT2D eigenvalue weighted by molar-refractivity contribution is 5.93. The summed E-state index contributed by atoms with van der Waals surface area (Å²) in [5, 5.41) is 9.68. The maximum atomic E-state index is 12.5. The Bertz CT molecular complexity index is 687. The van der Waals surface area contributed by atoms with Gasteiger partial charge in [-0.15, -0.1) is 0 Å². The van der Waals surface area contributed by atoms with Gasteiger partial charge in [-0.1, -0.05) is 11.6 Å². The van der Waals surface area contributed by atoms with E-state index in [1.165, 1.54) is 31.3 Å². The molecule has 2 aliphatic carbocycles. The van der Waals surface area contributed by atoms with Crippen LogP contribution in [0.5, 0.6) is 0 Å². The lowest BCUT2D eigenvalue weighted by atomic mass is 9.90. The predicted octanol–water partition coefficient (Wildman–Crippen LogP) is 2.66. The first kappa shape index (κ1) is 17.3. The Morgan fingerprint density at radius 2 is 2.15 bits per heavy atom. The van der Waals surface area contributed by atoms with E-state index in [2.05, 4.69) is 21.6 Å². The number of carbonyl (C=O) groups is 2. The molecule has 1 atom stereocenters. The molecule has 0 aromatic carbocycles. The summed E-state index contributed by atoms with van der Waals surface area (Å²) in [6.07, 6.45) is 14.4. The quantitative estimate of drug-likeness (QED) is 0.796. The number of hydrogen-bond donors (Lipinski definition) is 2. The van der Waals surface area contributed by atoms with Crippen LogP contribution in [-0.4, -0.2) is 46.5 Å². The SMILES string of the molecule is O=C(NCCC1=CCCCC1)C1CC12CCN(C(=O)c1cn[nH]c1)CC2. The van der Waals surface area contributed by atoms with Gasteiger partial charge in [0.05, 0.1) is 11.8 Å². The third-order valence-electron chi connectivity index (χ3n) is 6.43. The van der Waals surface area contributed by atoms with Crippen LogP contribution in [0.4, 0.5) is 0 Å². The number of hydrogen-bond acceptors (Lipinski definition) is 3. The Hall–Kier alpha value is -2.11. The zero-order chi connectivity index (χ0) is 18.0. The number of nitrogens with one attached hydrogen (secondary N) is 2. The van der Waals surface area contributed by atoms with Crippen molar-refractivity contribution >= 4 is 11.8 Å². The van der Waals surface area contributed by atoms with Gasteiger partial charge in [0.15, 0.2) is 0 Å². The van der Waals surface area contributed by atoms with Gasteiger partial charge in [-0.05, 0) is 56.8 Å². The summed E-state index contributed by atoms with van der Waals surface area (Å²) in [7, 11) is 0. The van der Waals surface area contributed by atoms with Crippen molar-refractivity contribution in [3.05, 3.63) is 29.6 Å². The number of allylic oxidation sites excluding steroid dienone is 1. The fourth-order valence-corrected chi connectivity index (χ4v) is 4.58. The van der Waals surface area contributed by atoms with Gasteiger partial charge in [-0.25, -0.2) is 0 Å². The topological polar surface area (TPSA) is 78.1 Å². The molecule has 1 aromatic rings. The number of piperidine rings is 1. The Labute approximate surface area is 154 Å². The lowest BCUT2D eigenvalue weighted by molar-refractivity contribution is -0.123. The number of amides is 2. The lowest BCUT2D eigenvalue weighted by Gasteiger charge is -2.32. The maximum Gasteiger partial charge on any atom is 0.257 e. The smallest absolute Gasteiger partial charge is 0.257 e. The summed E-state index contributed by atoms with van der Waals surface area (Å²) < 4.78 is 0. The minimum atomic E-state index is 0.0380. The summed E-state index contributed by atoms with van der Waals surface area (Å²) in [5.41, 5.74) is 2.26. The Morgan fingerprint density at radius 3 is 2.85 bits per heavy atom. The summed E-state index contributed by atoms with van der Waals surface area (Å²) in [4.78, 5) is 26.8. The first-order valence-electron chi connectivity index (χ1n) is 9.92. The molecule has 1 spiro atoms. The second-order valence-electron chi connectivity index (χ2n) is 8.05. The van der Waals surface area contributed by atoms with E-state index in [9.17, 15) is 9.59 Å². The van der Waals surface area contributed by atoms with E-state index in [0.717, 1.165) is 45.3 Å². The molecule has 1 unspecified atom stereocenters. The van der Waals surface area contributed by atoms with Gasteiger partial charge in [-0.2, -0.15) is 5.10 Å². The van der Waals surface area contributed by atoms with Crippen LogP contribution >= 0.6 is 0 Å². The van der Waals surface area contributed by atoms with Crippen LogP contribution in [0, 0.1) is 11.3 Å². The van der Waals surface area contributed by atoms with E-state index in [4.69, 9.17) is 0 Å². The largest absolute Gasteiger partial charge is 0.356 e. The van der Waals surface area contributed by atoms with E-state index in [1.807, 2.05) is 4.90 Å². The van der Waals surface area contributed by atoms with E-state index in [0.29, 0.717) is 5.56 Å². The average molecular weight is 356 g/mol. The van der Waals surface area contributed by atoms with Gasteiger partial charge in [0.2, 0.25) is 5.91 Å². The highest BCUT2D eigenvalue weighted by Gasteiger charge is 2.58. The number of aromatic nitrogens is 2. The first-order chi connectivity index (χ1) is 12.7. The molecule has 2 heterocycles. The molecule has 2 amide bonds. The second-order valence-corrected chi connectivity index (χ2v) is 8.05. The minimum absolute atomic E-state index is 0.0380. The zero-order valence-electron chi connectivity index (χ0n) is 15.3. The number of aromatic amines is 1. The van der Waals surface area contributed by atoms with E-state index >= 15 is 0 Å². The minimum Gasteiger partial charge on any atom is -0.356 e. The van der Waals surface area contributed by atoms with E-state index in [1.54, 1.807) is 12.4 Å². The van der Waals surface area contributed by atoms with Gasteiger partial charge in [0, 0.05) is 31.7 Å². The summed E-state index contributed by atoms with van der Waals surface area (Å²) in [5.74, 6) is 0.404. The molecule has 140 valence electrons. The van der Waals surface area contributed by atoms with Crippen LogP contribution in [-0.2, 0) is 4.79 Å². The van der Waals surface area contributed by atoms with E-state index in [-0.39, 0.29) is 23.1 Å². The molecule has 3 aliphatic rings. The molecule has 1 saturated carbocycles. The van der Waals surface area contributed by atoms with Crippen molar-refractivity contribution < 1.29 is 9.59 Å². The first-order valence-corrected chi connectivity index (χ1v) is 9.92. The van der Waals surface area contributed by atoms with Crippen LogP contribution in [0.2, 0.25) is 0 Å². The standard InChI is InChI=1S/C20H28N4O2/c25-18(21-9-6-15-4-2-1-3-5-15)17-12-20(17)7-10-24(11-8-20)19(26)16-13-22-23-14-16/h4,13-14,17H,1-3,5-12H2,(H,21,25)(H,22,23). The monoisotopic (exact) mass is 356 g/mol. The highest BCUT2D eigenvalue weighted by atomic mass is 16.2. The molecule has 2 fully saturated rings. The number of H-pyrrole nitrogens is 1. The number of rotatable bonds is 5. The van der Waals surface area contributed by atoms with Crippen molar-refractivity contribution in [1.29, 1.82) is 0 Å². The van der Waals surface area contributed by atoms with Crippen LogP contribution in [0.1, 0.15) is 61.7 Å². The summed E-state index contributed by atoms with van der Waals surface area (Å²) >= 11 is 0. The normalized spacial score (nSPS) is 24.2. The second kappa shape index (κ2) is 7.25. The average Bonchev–Trinajstić information content (AvgIpc) is 3.11. The molecule has 2 N–H and O–H groups in total. The summed E-state index contributed by atoms with van der Waals surface area (Å²) in [6, 6.07) is 0. The fourth-order valence-electron chi connectivity index (χ4n) is 4.58. The van der Waals surface area contributed by atoms with Crippen LogP contribution < -0.4 is 5.32 Å². The Morgan fingerprint density at radius 1 is 1.31 bits per heavy atom. The van der Waals surface area contributed by atoms with Gasteiger partial charge in [0.25, 0.3) is 5.91 Å². The molecule has 6 nitrogen and oxygen atoms in total. The van der Waals surface area contributed by atoms with Crippen LogP contribution in [0.3, 0.4) is 0 Å². The third kappa shape index (κ3) is 3.55. The molecule has 0 bridgehead atoms. The van der Waals surface area contributed by atoms with Crippen LogP contribution in [0.15, 0.2) is 24.0 Å². The maximum absolute atomic E-state index is 12.5. The van der Waals surface area contributed by atoms with Crippen molar-refractivity contribution in [2.24, 2.45) is 11.3 Å². The molecule has 4 rings (SSSR count). The van der Waals surface area contributed by atoms with Gasteiger partial charge < -0.3 is 10.2 Å². The molecule has 26 heavy (non-hydrogen) atoms. The van der Waals surface area contributed by atoms with Crippen molar-refractivity contribution in [2.45, 2.75) is 51.4 Å². The van der Waals surface area contributed by atoms with Gasteiger partial charge >= 0.3 is 0 Å². The van der Waals surface area contributed by atoms with E-state index < -0.39 is 0 Å². The summed E-state index contributed by atoms with van der Waals surface area (Å²) in [6.45, 7) is 2.24.